The van der Waals surface area contributed by atoms with E-state index in [1.165, 1.54) is 0 Å². The van der Waals surface area contributed by atoms with Gasteiger partial charge in [0.2, 0.25) is 0 Å². The molecule has 0 aliphatic carbocycles. The molecule has 0 aromatic heterocycles. The van der Waals surface area contributed by atoms with Crippen LogP contribution in [0.3, 0.4) is 0 Å². The molecule has 0 atom stereocenters. The molecule has 0 rings (SSSR count). The molecule has 0 aromatic rings. The third-order valence-electron chi connectivity index (χ3n) is 2.02. The second-order valence-electron chi connectivity index (χ2n) is 4.68. The minimum Gasteiger partial charge on any atom is -0.549 e. The van der Waals surface area contributed by atoms with Gasteiger partial charge in [-0.1, -0.05) is 0 Å². The SMILES string of the molecule is O=C([O-])CSC(SCC(=O)[O-])SCC(=O)[O-].O=C([O-])CSC(SCC(=O)[O-])SCC(=O)[O-].[Mg+2].[Mg+2].[Mg+2]. The van der Waals surface area contributed by atoms with Crippen LogP contribution in [0.1, 0.15) is 0 Å². The Morgan fingerprint density at radius 3 is 0.571 bits per heavy atom. The number of aliphatic carboxylic acids is 6. The summed E-state index contributed by atoms with van der Waals surface area (Å²) >= 11 is 5.37. The molecule has 0 radical (unpaired) electrons. The first kappa shape index (κ1) is 46.1. The molecule has 0 fully saturated rings. The van der Waals surface area contributed by atoms with Gasteiger partial charge in [0.25, 0.3) is 0 Å². The largest absolute Gasteiger partial charge is 2.00 e. The molecule has 0 N–H and O–H groups in total. The third-order valence-corrected chi connectivity index (χ3v) is 11.0. The summed E-state index contributed by atoms with van der Waals surface area (Å²) in [5, 5.41) is 61.0. The van der Waals surface area contributed by atoms with Crippen LogP contribution in [-0.4, -0.2) is 147 Å². The second-order valence-corrected chi connectivity index (χ2v) is 13.0. The van der Waals surface area contributed by atoms with E-state index >= 15 is 0 Å². The fourth-order valence-electron chi connectivity index (χ4n) is 1.11. The number of carboxylic acids is 6. The Hall–Kier alpha value is 1.22. The fraction of sp³-hybridized carbons (Fsp3) is 0.571. The molecule has 21 heteroatoms. The monoisotopic (exact) mass is 638 g/mol. The number of carbonyl (C=O) groups excluding carboxylic acids is 6. The summed E-state index contributed by atoms with van der Waals surface area (Å²) in [4.78, 5) is 61.0. The first-order valence-electron chi connectivity index (χ1n) is 7.72. The van der Waals surface area contributed by atoms with Gasteiger partial charge in [0, 0.05) is 34.5 Å². The van der Waals surface area contributed by atoms with E-state index in [-0.39, 0.29) is 104 Å². The van der Waals surface area contributed by atoms with Crippen molar-refractivity contribution in [2.45, 2.75) is 7.83 Å². The Kier molecular flexibility index (Phi) is 39.2. The zero-order valence-electron chi connectivity index (χ0n) is 17.9. The van der Waals surface area contributed by atoms with Gasteiger partial charge in [-0.3, -0.25) is 0 Å². The maximum absolute atomic E-state index is 10.2. The van der Waals surface area contributed by atoms with E-state index in [4.69, 9.17) is 0 Å². The normalized spacial score (nSPS) is 9.43. The summed E-state index contributed by atoms with van der Waals surface area (Å²) in [6.07, 6.45) is 0. The molecule has 0 aromatic carbocycles. The van der Waals surface area contributed by atoms with E-state index in [0.29, 0.717) is 0 Å². The van der Waals surface area contributed by atoms with Gasteiger partial charge in [0.05, 0.1) is 43.6 Å². The van der Waals surface area contributed by atoms with E-state index in [0.717, 1.165) is 70.6 Å². The minimum absolute atomic E-state index is 0. The Balaban J connectivity index is -0.000000158. The Labute approximate surface area is 274 Å². The van der Waals surface area contributed by atoms with Crippen molar-refractivity contribution in [1.29, 1.82) is 0 Å². The molecule has 0 heterocycles. The minimum atomic E-state index is -1.29. The van der Waals surface area contributed by atoms with Crippen LogP contribution in [0, 0.1) is 0 Å². The van der Waals surface area contributed by atoms with Crippen LogP contribution in [0.2, 0.25) is 0 Å². The van der Waals surface area contributed by atoms with Crippen LogP contribution in [0.25, 0.3) is 0 Å². The zero-order valence-corrected chi connectivity index (χ0v) is 27.0. The van der Waals surface area contributed by atoms with Crippen LogP contribution < -0.4 is 30.6 Å². The molecular formula is C14H14Mg3O12S6. The molecule has 0 amide bonds. The maximum atomic E-state index is 10.2. The van der Waals surface area contributed by atoms with Gasteiger partial charge < -0.3 is 59.4 Å². The van der Waals surface area contributed by atoms with Crippen LogP contribution in [0.15, 0.2) is 0 Å². The van der Waals surface area contributed by atoms with Gasteiger partial charge >= 0.3 is 69.2 Å². The van der Waals surface area contributed by atoms with E-state index < -0.39 is 43.6 Å². The standard InChI is InChI=1S/2C7H10O6S3.3Mg/c2*8-4(9)1-14-7(15-2-5(10)11)16-3-6(12)13;;;/h2*7H,1-3H2,(H,8,9)(H,10,11)(H,12,13);;;/q;;3*+2/p-6. The van der Waals surface area contributed by atoms with E-state index in [2.05, 4.69) is 0 Å². The number of rotatable bonds is 18. The van der Waals surface area contributed by atoms with Gasteiger partial charge in [-0.15, -0.1) is 70.6 Å². The molecule has 0 aliphatic rings. The van der Waals surface area contributed by atoms with Crippen molar-refractivity contribution in [1.82, 2.24) is 0 Å². The van der Waals surface area contributed by atoms with E-state index in [1.54, 1.807) is 0 Å². The van der Waals surface area contributed by atoms with Crippen molar-refractivity contribution in [3.8, 4) is 0 Å². The molecule has 0 bridgehead atoms. The van der Waals surface area contributed by atoms with Crippen LogP contribution in [0.4, 0.5) is 0 Å². The Morgan fingerprint density at radius 1 is 0.371 bits per heavy atom. The molecule has 184 valence electrons. The maximum Gasteiger partial charge on any atom is 2.00 e. The predicted molar refractivity (Wildman–Crippen MR) is 130 cm³/mol. The number of thioether (sulfide) groups is 6. The number of carboxylic acid groups (broad SMARTS) is 6. The molecule has 0 saturated carbocycles. The average Bonchev–Trinajstić information content (AvgIpc) is 2.66. The molecular weight excluding hydrogens is 625 g/mol. The van der Waals surface area contributed by atoms with E-state index in [9.17, 15) is 59.4 Å². The quantitative estimate of drug-likeness (QED) is 0.0999. The second kappa shape index (κ2) is 29.8. The van der Waals surface area contributed by atoms with Crippen molar-refractivity contribution in [3.63, 3.8) is 0 Å². The van der Waals surface area contributed by atoms with Crippen LogP contribution in [0.5, 0.6) is 0 Å². The summed E-state index contributed by atoms with van der Waals surface area (Å²) in [5.74, 6) is -9.73. The summed E-state index contributed by atoms with van der Waals surface area (Å²) in [5.41, 5.74) is 0. The summed E-state index contributed by atoms with van der Waals surface area (Å²) in [6, 6.07) is 0. The molecule has 0 unspecified atom stereocenters. The van der Waals surface area contributed by atoms with Gasteiger partial charge in [0.1, 0.15) is 0 Å². The topological polar surface area (TPSA) is 241 Å². The van der Waals surface area contributed by atoms with Crippen molar-refractivity contribution in [2.24, 2.45) is 0 Å². The first-order chi connectivity index (χ1) is 14.8. The van der Waals surface area contributed by atoms with Gasteiger partial charge in [-0.2, -0.15) is 0 Å². The number of hydrogen-bond donors (Lipinski definition) is 0. The van der Waals surface area contributed by atoms with Gasteiger partial charge in [-0.25, -0.2) is 0 Å². The summed E-state index contributed by atoms with van der Waals surface area (Å²) < 4.78 is -1.04. The predicted octanol–water partition coefficient (Wildman–Crippen LogP) is -7.70. The fourth-order valence-corrected chi connectivity index (χ4v) is 7.50. The molecule has 0 aliphatic heterocycles. The van der Waals surface area contributed by atoms with Crippen molar-refractivity contribution in [3.05, 3.63) is 0 Å². The van der Waals surface area contributed by atoms with Crippen molar-refractivity contribution < 1.29 is 59.4 Å². The average molecular weight is 640 g/mol. The Morgan fingerprint density at radius 2 is 0.486 bits per heavy atom. The molecule has 12 nitrogen and oxygen atoms in total. The van der Waals surface area contributed by atoms with Crippen LogP contribution in [-0.2, 0) is 28.8 Å². The number of carbonyl (C=O) groups is 6. The Bertz CT molecular complexity index is 521. The van der Waals surface area contributed by atoms with Crippen LogP contribution >= 0.6 is 70.6 Å². The third kappa shape index (κ3) is 39.9. The first-order valence-corrected chi connectivity index (χ1v) is 14.0. The summed E-state index contributed by atoms with van der Waals surface area (Å²) in [6.45, 7) is 0. The van der Waals surface area contributed by atoms with E-state index in [1.807, 2.05) is 0 Å². The van der Waals surface area contributed by atoms with Gasteiger partial charge in [0.15, 0.2) is 0 Å². The van der Waals surface area contributed by atoms with Crippen molar-refractivity contribution in [2.75, 3.05) is 34.5 Å². The zero-order chi connectivity index (χ0) is 25.1. The number of hydrogen-bond acceptors (Lipinski definition) is 18. The molecule has 0 spiro atoms. The van der Waals surface area contributed by atoms with Crippen molar-refractivity contribution >= 4 is 176 Å². The molecule has 0 saturated heterocycles. The summed E-state index contributed by atoms with van der Waals surface area (Å²) in [7, 11) is 0. The smallest absolute Gasteiger partial charge is 0.549 e. The molecule has 35 heavy (non-hydrogen) atoms. The van der Waals surface area contributed by atoms with Gasteiger partial charge in [-0.05, 0) is 0 Å².